The minimum absolute atomic E-state index is 0.358. The minimum Gasteiger partial charge on any atom is -0.457 e. The van der Waals surface area contributed by atoms with Crippen molar-refractivity contribution >= 4 is 5.97 Å². The Morgan fingerprint density at radius 3 is 2.60 bits per heavy atom. The maximum Gasteiger partial charge on any atom is 0.343 e. The first kappa shape index (κ1) is 19.9. The number of ether oxygens (including phenoxy) is 1. The zero-order valence-corrected chi connectivity index (χ0v) is 16.2. The second kappa shape index (κ2) is 8.33. The van der Waals surface area contributed by atoms with Gasteiger partial charge in [0.25, 0.3) is 0 Å². The van der Waals surface area contributed by atoms with Gasteiger partial charge in [-0.15, -0.1) is 0 Å². The Bertz CT molecular complexity index is 560. The zero-order chi connectivity index (χ0) is 18.5. The normalized spacial score (nSPS) is 25.8. The van der Waals surface area contributed by atoms with Gasteiger partial charge in [0.05, 0.1) is 19.6 Å². The van der Waals surface area contributed by atoms with E-state index in [0.29, 0.717) is 30.6 Å². The molecule has 1 fully saturated rings. The van der Waals surface area contributed by atoms with E-state index < -0.39 is 11.6 Å². The van der Waals surface area contributed by atoms with E-state index in [9.17, 15) is 9.90 Å². The Balaban J connectivity index is 2.02. The fourth-order valence-corrected chi connectivity index (χ4v) is 3.65. The van der Waals surface area contributed by atoms with Gasteiger partial charge in [-0.2, -0.15) is 0 Å². The summed E-state index contributed by atoms with van der Waals surface area (Å²) in [5.74, 6) is -0.101. The van der Waals surface area contributed by atoms with Crippen molar-refractivity contribution in [2.75, 3.05) is 26.7 Å². The molecule has 3 atom stereocenters. The molecule has 1 aromatic carbocycles. The molecule has 0 spiro atoms. The van der Waals surface area contributed by atoms with Crippen LogP contribution in [0.3, 0.4) is 0 Å². The van der Waals surface area contributed by atoms with Crippen LogP contribution in [-0.2, 0) is 15.1 Å². The number of aliphatic hydroxyl groups is 1. The Morgan fingerprint density at radius 1 is 1.36 bits per heavy atom. The maximum atomic E-state index is 12.8. The highest BCUT2D eigenvalue weighted by molar-refractivity contribution is 5.81. The van der Waals surface area contributed by atoms with Crippen LogP contribution in [0.2, 0.25) is 0 Å². The van der Waals surface area contributed by atoms with Crippen molar-refractivity contribution in [3.05, 3.63) is 35.9 Å². The second-order valence-electron chi connectivity index (χ2n) is 8.21. The molecule has 4 nitrogen and oxygen atoms in total. The van der Waals surface area contributed by atoms with Gasteiger partial charge in [-0.25, -0.2) is 4.79 Å². The molecule has 140 valence electrons. The van der Waals surface area contributed by atoms with E-state index in [-0.39, 0.29) is 0 Å². The number of rotatable bonds is 8. The molecule has 1 heterocycles. The number of carbonyl (C=O) groups excluding carboxylic acids is 1. The van der Waals surface area contributed by atoms with E-state index in [4.69, 9.17) is 4.74 Å². The molecule has 0 amide bonds. The van der Waals surface area contributed by atoms with Gasteiger partial charge >= 0.3 is 5.97 Å². The first-order chi connectivity index (χ1) is 11.8. The van der Waals surface area contributed by atoms with Crippen LogP contribution in [0, 0.1) is 5.92 Å². The van der Waals surface area contributed by atoms with Gasteiger partial charge in [0.2, 0.25) is 0 Å². The lowest BCUT2D eigenvalue weighted by Gasteiger charge is -2.34. The van der Waals surface area contributed by atoms with Crippen LogP contribution in [0.4, 0.5) is 0 Å². The first-order valence-corrected chi connectivity index (χ1v) is 9.57. The summed E-state index contributed by atoms with van der Waals surface area (Å²) in [4.78, 5) is 12.8. The molecule has 0 aliphatic carbocycles. The monoisotopic (exact) mass is 348 g/mol. The topological polar surface area (TPSA) is 46.5 Å². The highest BCUT2D eigenvalue weighted by Gasteiger charge is 2.40. The van der Waals surface area contributed by atoms with Crippen molar-refractivity contribution < 1.29 is 19.1 Å². The molecule has 2 rings (SSSR count). The number of carbonyl (C=O) groups is 1. The van der Waals surface area contributed by atoms with Crippen molar-refractivity contribution in [1.82, 2.24) is 0 Å². The molecule has 1 saturated heterocycles. The smallest absolute Gasteiger partial charge is 0.343 e. The number of likely N-dealkylation sites (tertiary alicyclic amines) is 1. The van der Waals surface area contributed by atoms with Gasteiger partial charge in [-0.3, -0.25) is 0 Å². The van der Waals surface area contributed by atoms with Gasteiger partial charge < -0.3 is 14.3 Å². The number of benzene rings is 1. The minimum atomic E-state index is -1.55. The lowest BCUT2D eigenvalue weighted by molar-refractivity contribution is -0.919. The summed E-state index contributed by atoms with van der Waals surface area (Å²) in [5.41, 5.74) is -0.934. The van der Waals surface area contributed by atoms with Gasteiger partial charge in [-0.05, 0) is 31.2 Å². The summed E-state index contributed by atoms with van der Waals surface area (Å²) in [7, 11) is 2.23. The fraction of sp³-hybridized carbons (Fsp3) is 0.667. The Morgan fingerprint density at radius 2 is 2.04 bits per heavy atom. The van der Waals surface area contributed by atoms with Crippen molar-refractivity contribution in [2.24, 2.45) is 5.92 Å². The predicted octanol–water partition coefficient (Wildman–Crippen LogP) is 3.48. The fourth-order valence-electron chi connectivity index (χ4n) is 3.65. The third-order valence-electron chi connectivity index (χ3n) is 5.86. The molecule has 1 unspecified atom stereocenters. The van der Waals surface area contributed by atoms with Gasteiger partial charge in [0.15, 0.2) is 5.60 Å². The van der Waals surface area contributed by atoms with Crippen molar-refractivity contribution in [2.45, 2.75) is 58.1 Å². The molecule has 0 saturated carbocycles. The number of esters is 1. The standard InChI is InChI=1S/C21H34NO3/c1-17(2)12-13-21(24,19-10-6-5-7-11-19)20(23)25-16-15-22(4)14-8-9-18(22)3/h5-7,10-11,17-18,24H,8-9,12-16H2,1-4H3/q+1/t18-,21+,22?/m0/s1. The maximum absolute atomic E-state index is 12.8. The zero-order valence-electron chi connectivity index (χ0n) is 16.2. The van der Waals surface area contributed by atoms with Crippen molar-refractivity contribution in [3.63, 3.8) is 0 Å². The second-order valence-corrected chi connectivity index (χ2v) is 8.21. The quantitative estimate of drug-likeness (QED) is 0.578. The lowest BCUT2D eigenvalue weighted by atomic mass is 9.87. The molecule has 1 N–H and O–H groups in total. The molecule has 0 bridgehead atoms. The van der Waals surface area contributed by atoms with Gasteiger partial charge in [0.1, 0.15) is 13.2 Å². The molecule has 0 radical (unpaired) electrons. The molecular formula is C21H34NO3+. The summed E-state index contributed by atoms with van der Waals surface area (Å²) in [6.45, 7) is 8.75. The summed E-state index contributed by atoms with van der Waals surface area (Å²) in [6.07, 6.45) is 3.61. The third-order valence-corrected chi connectivity index (χ3v) is 5.86. The largest absolute Gasteiger partial charge is 0.457 e. The van der Waals surface area contributed by atoms with E-state index in [1.165, 1.54) is 12.8 Å². The molecular weight excluding hydrogens is 314 g/mol. The first-order valence-electron chi connectivity index (χ1n) is 9.57. The predicted molar refractivity (Wildman–Crippen MR) is 100.0 cm³/mol. The Labute approximate surface area is 152 Å². The lowest BCUT2D eigenvalue weighted by Crippen LogP contribution is -2.49. The highest BCUT2D eigenvalue weighted by Crippen LogP contribution is 2.30. The molecule has 0 aromatic heterocycles. The highest BCUT2D eigenvalue weighted by atomic mass is 16.5. The van der Waals surface area contributed by atoms with Gasteiger partial charge in [0, 0.05) is 12.8 Å². The summed E-state index contributed by atoms with van der Waals surface area (Å²) in [5, 5.41) is 11.1. The number of likely N-dealkylation sites (N-methyl/N-ethyl adjacent to an activating group) is 1. The van der Waals surface area contributed by atoms with Crippen LogP contribution < -0.4 is 0 Å². The van der Waals surface area contributed by atoms with Crippen LogP contribution >= 0.6 is 0 Å². The Hall–Kier alpha value is -1.39. The number of hydrogen-bond acceptors (Lipinski definition) is 3. The van der Waals surface area contributed by atoms with E-state index in [2.05, 4.69) is 27.8 Å². The van der Waals surface area contributed by atoms with Gasteiger partial charge in [-0.1, -0.05) is 44.2 Å². The third kappa shape index (κ3) is 4.83. The summed E-state index contributed by atoms with van der Waals surface area (Å²) >= 11 is 0. The average molecular weight is 349 g/mol. The molecule has 1 aromatic rings. The van der Waals surface area contributed by atoms with E-state index in [1.807, 2.05) is 18.2 Å². The van der Waals surface area contributed by atoms with E-state index in [0.717, 1.165) is 24.0 Å². The van der Waals surface area contributed by atoms with Crippen LogP contribution in [0.25, 0.3) is 0 Å². The van der Waals surface area contributed by atoms with E-state index in [1.54, 1.807) is 12.1 Å². The van der Waals surface area contributed by atoms with E-state index >= 15 is 0 Å². The van der Waals surface area contributed by atoms with Crippen LogP contribution in [0.15, 0.2) is 30.3 Å². The number of quaternary nitrogens is 1. The number of nitrogens with zero attached hydrogens (tertiary/aromatic N) is 1. The SMILES string of the molecule is CC(C)CC[C@](O)(C(=O)OCC[N+]1(C)CCC[C@@H]1C)c1ccccc1. The molecule has 1 aliphatic rings. The molecule has 4 heteroatoms. The van der Waals surface area contributed by atoms with Crippen LogP contribution in [0.5, 0.6) is 0 Å². The molecule has 25 heavy (non-hydrogen) atoms. The molecule has 1 aliphatic heterocycles. The average Bonchev–Trinajstić information content (AvgIpc) is 2.92. The van der Waals surface area contributed by atoms with Crippen molar-refractivity contribution in [3.8, 4) is 0 Å². The summed E-state index contributed by atoms with van der Waals surface area (Å²) in [6, 6.07) is 9.79. The van der Waals surface area contributed by atoms with Crippen LogP contribution in [0.1, 0.15) is 52.0 Å². The van der Waals surface area contributed by atoms with Crippen molar-refractivity contribution in [1.29, 1.82) is 0 Å². The summed E-state index contributed by atoms with van der Waals surface area (Å²) < 4.78 is 6.51. The van der Waals surface area contributed by atoms with Crippen LogP contribution in [-0.4, -0.2) is 48.3 Å². The number of hydrogen-bond donors (Lipinski definition) is 1. The Kier molecular flexibility index (Phi) is 6.64.